The van der Waals surface area contributed by atoms with E-state index in [1.165, 1.54) is 19.3 Å². The molecule has 2 aliphatic heterocycles. The summed E-state index contributed by atoms with van der Waals surface area (Å²) in [6.45, 7) is 5.06. The van der Waals surface area contributed by atoms with E-state index in [-0.39, 0.29) is 18.8 Å². The molecular weight excluding hydrogens is 404 g/mol. The molecule has 4 rings (SSSR count). The van der Waals surface area contributed by atoms with E-state index in [4.69, 9.17) is 26.1 Å². The number of carbonyl (C=O) groups excluding carboxylic acids is 1. The van der Waals surface area contributed by atoms with E-state index in [0.717, 1.165) is 50.4 Å². The molecule has 1 saturated heterocycles. The molecule has 1 aromatic carbocycles. The van der Waals surface area contributed by atoms with Gasteiger partial charge in [-0.15, -0.1) is 0 Å². The Morgan fingerprint density at radius 2 is 2.07 bits per heavy atom. The molecule has 7 nitrogen and oxygen atoms in total. The molecule has 1 saturated carbocycles. The number of guanidine groups is 1. The lowest BCUT2D eigenvalue weighted by atomic mass is 9.88. The van der Waals surface area contributed by atoms with Gasteiger partial charge < -0.3 is 25.0 Å². The smallest absolute Gasteiger partial charge is 0.231 e. The molecule has 164 valence electrons. The molecule has 3 aliphatic rings. The highest BCUT2D eigenvalue weighted by Crippen LogP contribution is 2.39. The second kappa shape index (κ2) is 9.77. The summed E-state index contributed by atoms with van der Waals surface area (Å²) in [5, 5.41) is 7.34. The van der Waals surface area contributed by atoms with Gasteiger partial charge in [-0.25, -0.2) is 4.99 Å². The number of likely N-dealkylation sites (tertiary alicyclic amines) is 1. The zero-order valence-electron chi connectivity index (χ0n) is 17.6. The number of hydrogen-bond donors (Lipinski definition) is 2. The van der Waals surface area contributed by atoms with E-state index in [1.54, 1.807) is 0 Å². The van der Waals surface area contributed by atoms with E-state index in [0.29, 0.717) is 29.0 Å². The largest absolute Gasteiger partial charge is 0.454 e. The molecule has 0 spiro atoms. The average molecular weight is 435 g/mol. The lowest BCUT2D eigenvalue weighted by molar-refractivity contribution is -0.135. The van der Waals surface area contributed by atoms with E-state index in [1.807, 2.05) is 24.0 Å². The SMILES string of the molecule is CCNC(=NCc1cc(Cl)c2c(c1)OCO2)NC1CCN(C(=O)C2CCCCC2)C1. The number of halogens is 1. The van der Waals surface area contributed by atoms with Crippen molar-refractivity contribution in [1.29, 1.82) is 0 Å². The third-order valence-corrected chi connectivity index (χ3v) is 6.33. The number of rotatable bonds is 5. The molecule has 2 heterocycles. The highest BCUT2D eigenvalue weighted by molar-refractivity contribution is 6.32. The van der Waals surface area contributed by atoms with Crippen molar-refractivity contribution in [2.24, 2.45) is 10.9 Å². The van der Waals surface area contributed by atoms with Gasteiger partial charge in [0, 0.05) is 31.6 Å². The topological polar surface area (TPSA) is 75.2 Å². The predicted molar refractivity (Wildman–Crippen MR) is 117 cm³/mol. The summed E-state index contributed by atoms with van der Waals surface area (Å²) in [7, 11) is 0. The molecule has 0 radical (unpaired) electrons. The van der Waals surface area contributed by atoms with Crippen molar-refractivity contribution in [2.75, 3.05) is 26.4 Å². The van der Waals surface area contributed by atoms with Crippen molar-refractivity contribution in [3.8, 4) is 11.5 Å². The van der Waals surface area contributed by atoms with Gasteiger partial charge in [-0.05, 0) is 43.9 Å². The minimum absolute atomic E-state index is 0.198. The van der Waals surface area contributed by atoms with Crippen molar-refractivity contribution in [2.45, 2.75) is 58.0 Å². The minimum Gasteiger partial charge on any atom is -0.454 e. The van der Waals surface area contributed by atoms with Gasteiger partial charge >= 0.3 is 0 Å². The van der Waals surface area contributed by atoms with Gasteiger partial charge in [-0.3, -0.25) is 4.79 Å². The van der Waals surface area contributed by atoms with Gasteiger partial charge in [0.25, 0.3) is 0 Å². The fourth-order valence-electron chi connectivity index (χ4n) is 4.48. The highest BCUT2D eigenvalue weighted by Gasteiger charge is 2.31. The van der Waals surface area contributed by atoms with Gasteiger partial charge in [0.1, 0.15) is 0 Å². The molecule has 1 unspecified atom stereocenters. The fraction of sp³-hybridized carbons (Fsp3) is 0.636. The Morgan fingerprint density at radius 1 is 1.23 bits per heavy atom. The van der Waals surface area contributed by atoms with Crippen molar-refractivity contribution < 1.29 is 14.3 Å². The third kappa shape index (κ3) is 4.94. The van der Waals surface area contributed by atoms with E-state index >= 15 is 0 Å². The summed E-state index contributed by atoms with van der Waals surface area (Å²) in [6.07, 6.45) is 6.69. The first-order chi connectivity index (χ1) is 14.6. The lowest BCUT2D eigenvalue weighted by Crippen LogP contribution is -2.45. The first kappa shape index (κ1) is 21.1. The monoisotopic (exact) mass is 434 g/mol. The first-order valence-corrected chi connectivity index (χ1v) is 11.4. The average Bonchev–Trinajstić information content (AvgIpc) is 3.42. The first-order valence-electron chi connectivity index (χ1n) is 11.1. The van der Waals surface area contributed by atoms with Gasteiger partial charge in [-0.1, -0.05) is 30.9 Å². The summed E-state index contributed by atoms with van der Waals surface area (Å²) in [6, 6.07) is 4.00. The number of benzene rings is 1. The van der Waals surface area contributed by atoms with Crippen LogP contribution in [0.2, 0.25) is 5.02 Å². The van der Waals surface area contributed by atoms with Gasteiger partial charge in [-0.2, -0.15) is 0 Å². The van der Waals surface area contributed by atoms with Crippen molar-refractivity contribution in [3.05, 3.63) is 22.7 Å². The minimum atomic E-state index is 0.198. The molecule has 1 aliphatic carbocycles. The second-order valence-electron chi connectivity index (χ2n) is 8.26. The van der Waals surface area contributed by atoms with E-state index in [2.05, 4.69) is 10.6 Å². The van der Waals surface area contributed by atoms with Gasteiger partial charge in [0.15, 0.2) is 17.5 Å². The summed E-state index contributed by atoms with van der Waals surface area (Å²) < 4.78 is 10.8. The summed E-state index contributed by atoms with van der Waals surface area (Å²) >= 11 is 6.28. The summed E-state index contributed by atoms with van der Waals surface area (Å²) in [4.78, 5) is 19.6. The maximum Gasteiger partial charge on any atom is 0.231 e. The Kier molecular flexibility index (Phi) is 6.87. The summed E-state index contributed by atoms with van der Waals surface area (Å²) in [5.74, 6) is 2.59. The van der Waals surface area contributed by atoms with Crippen molar-refractivity contribution in [1.82, 2.24) is 15.5 Å². The van der Waals surface area contributed by atoms with Crippen LogP contribution < -0.4 is 20.1 Å². The Hall–Kier alpha value is -2.15. The molecule has 0 bridgehead atoms. The number of amides is 1. The number of ether oxygens (including phenoxy) is 2. The maximum atomic E-state index is 12.8. The van der Waals surface area contributed by atoms with Crippen LogP contribution in [0.25, 0.3) is 0 Å². The van der Waals surface area contributed by atoms with Crippen LogP contribution in [0.5, 0.6) is 11.5 Å². The Bertz CT molecular complexity index is 795. The van der Waals surface area contributed by atoms with Crippen molar-refractivity contribution >= 4 is 23.5 Å². The molecule has 1 amide bonds. The van der Waals surface area contributed by atoms with Crippen molar-refractivity contribution in [3.63, 3.8) is 0 Å². The van der Waals surface area contributed by atoms with Crippen LogP contribution in [0, 0.1) is 5.92 Å². The van der Waals surface area contributed by atoms with Crippen LogP contribution in [0.4, 0.5) is 0 Å². The van der Waals surface area contributed by atoms with Crippen LogP contribution in [-0.4, -0.2) is 49.2 Å². The van der Waals surface area contributed by atoms with Crippen LogP contribution in [0.1, 0.15) is 51.0 Å². The molecule has 0 aromatic heterocycles. The number of nitrogens with one attached hydrogen (secondary N) is 2. The Morgan fingerprint density at radius 3 is 2.87 bits per heavy atom. The predicted octanol–water partition coefficient (Wildman–Crippen LogP) is 3.31. The Balaban J connectivity index is 1.34. The zero-order chi connectivity index (χ0) is 20.9. The van der Waals surface area contributed by atoms with Crippen LogP contribution in [0.15, 0.2) is 17.1 Å². The molecule has 1 aromatic rings. The zero-order valence-corrected chi connectivity index (χ0v) is 18.3. The normalized spacial score (nSPS) is 21.7. The third-order valence-electron chi connectivity index (χ3n) is 6.05. The number of nitrogens with zero attached hydrogens (tertiary/aromatic N) is 2. The highest BCUT2D eigenvalue weighted by atomic mass is 35.5. The Labute approximate surface area is 183 Å². The standard InChI is InChI=1S/C22H31ClN4O3/c1-2-24-22(25-12-15-10-18(23)20-19(11-15)29-14-30-20)26-17-8-9-27(13-17)21(28)16-6-4-3-5-7-16/h10-11,16-17H,2-9,12-14H2,1H3,(H2,24,25,26). The summed E-state index contributed by atoms with van der Waals surface area (Å²) in [5.41, 5.74) is 0.960. The van der Waals surface area contributed by atoms with Gasteiger partial charge in [0.05, 0.1) is 11.6 Å². The molecule has 2 fully saturated rings. The molecule has 30 heavy (non-hydrogen) atoms. The number of carbonyl (C=O) groups is 1. The van der Waals surface area contributed by atoms with Crippen LogP contribution >= 0.6 is 11.6 Å². The molecule has 2 N–H and O–H groups in total. The fourth-order valence-corrected chi connectivity index (χ4v) is 4.77. The van der Waals surface area contributed by atoms with E-state index < -0.39 is 0 Å². The van der Waals surface area contributed by atoms with Gasteiger partial charge in [0.2, 0.25) is 12.7 Å². The number of hydrogen-bond acceptors (Lipinski definition) is 4. The lowest BCUT2D eigenvalue weighted by Gasteiger charge is -2.26. The maximum absolute atomic E-state index is 12.8. The quantitative estimate of drug-likeness (QED) is 0.549. The molecular formula is C22H31ClN4O3. The number of fused-ring (bicyclic) bond motifs is 1. The number of aliphatic imine (C=N–C) groups is 1. The molecule has 1 atom stereocenters. The van der Waals surface area contributed by atoms with Crippen LogP contribution in [-0.2, 0) is 11.3 Å². The second-order valence-corrected chi connectivity index (χ2v) is 8.66. The molecule has 8 heteroatoms. The van der Waals surface area contributed by atoms with Crippen LogP contribution in [0.3, 0.4) is 0 Å². The van der Waals surface area contributed by atoms with E-state index in [9.17, 15) is 4.79 Å².